The fraction of sp³-hybridized carbons (Fsp3) is 0.444. The molecule has 2 rings (SSSR count). The van der Waals surface area contributed by atoms with Gasteiger partial charge in [0.05, 0.1) is 0 Å². The van der Waals surface area contributed by atoms with E-state index in [1.54, 1.807) is 0 Å². The largest absolute Gasteiger partial charge is 0.438 e. The molecule has 0 unspecified atom stereocenters. The normalized spacial score (nSPS) is 24.3. The topological polar surface area (TPSA) is 81.6 Å². The third-order valence-corrected chi connectivity index (χ3v) is 2.50. The van der Waals surface area contributed by atoms with Crippen molar-refractivity contribution in [1.29, 1.82) is 0 Å². The van der Waals surface area contributed by atoms with Gasteiger partial charge in [0.1, 0.15) is 5.69 Å². The van der Waals surface area contributed by atoms with Crippen LogP contribution in [0.5, 0.6) is 0 Å². The average Bonchev–Trinajstić information content (AvgIpc) is 2.84. The summed E-state index contributed by atoms with van der Waals surface area (Å²) in [5, 5.41) is 18.8. The van der Waals surface area contributed by atoms with Gasteiger partial charge in [-0.1, -0.05) is 0 Å². The first-order chi connectivity index (χ1) is 8.25. The molecule has 2 heterocycles. The van der Waals surface area contributed by atoms with E-state index in [0.717, 1.165) is 0 Å². The SMILES string of the molecule is CC1=NN(C(=O)c2ccn[nH]2)[C@@](O)(C(F)(F)F)C1. The lowest BCUT2D eigenvalue weighted by Gasteiger charge is -2.32. The van der Waals surface area contributed by atoms with E-state index >= 15 is 0 Å². The third kappa shape index (κ3) is 1.76. The molecule has 6 nitrogen and oxygen atoms in total. The molecule has 1 aliphatic heterocycles. The molecular weight excluding hydrogens is 253 g/mol. The zero-order chi connectivity index (χ0) is 13.6. The van der Waals surface area contributed by atoms with E-state index in [4.69, 9.17) is 0 Å². The third-order valence-electron chi connectivity index (χ3n) is 2.50. The summed E-state index contributed by atoms with van der Waals surface area (Å²) < 4.78 is 38.5. The number of H-pyrrole nitrogens is 1. The molecule has 9 heteroatoms. The lowest BCUT2D eigenvalue weighted by Crippen LogP contribution is -2.56. The minimum absolute atomic E-state index is 0.0164. The van der Waals surface area contributed by atoms with Crippen LogP contribution in [0.25, 0.3) is 0 Å². The number of hydrazone groups is 1. The molecule has 0 bridgehead atoms. The first-order valence-electron chi connectivity index (χ1n) is 4.93. The second-order valence-electron chi connectivity index (χ2n) is 3.91. The van der Waals surface area contributed by atoms with Crippen molar-refractivity contribution in [3.05, 3.63) is 18.0 Å². The van der Waals surface area contributed by atoms with E-state index in [1.165, 1.54) is 19.2 Å². The summed E-state index contributed by atoms with van der Waals surface area (Å²) in [6, 6.07) is 1.20. The predicted octanol–water partition coefficient (Wildman–Crippen LogP) is 0.882. The van der Waals surface area contributed by atoms with E-state index < -0.39 is 24.2 Å². The highest BCUT2D eigenvalue weighted by Gasteiger charge is 2.62. The smallest absolute Gasteiger partial charge is 0.362 e. The zero-order valence-electron chi connectivity index (χ0n) is 9.19. The van der Waals surface area contributed by atoms with Crippen LogP contribution >= 0.6 is 0 Å². The monoisotopic (exact) mass is 262 g/mol. The number of nitrogens with zero attached hydrogens (tertiary/aromatic N) is 3. The molecule has 0 aromatic carbocycles. The van der Waals surface area contributed by atoms with Gasteiger partial charge >= 0.3 is 6.18 Å². The number of nitrogens with one attached hydrogen (secondary N) is 1. The quantitative estimate of drug-likeness (QED) is 0.788. The molecule has 0 aliphatic carbocycles. The molecule has 98 valence electrons. The van der Waals surface area contributed by atoms with Crippen molar-refractivity contribution in [1.82, 2.24) is 15.2 Å². The van der Waals surface area contributed by atoms with E-state index in [9.17, 15) is 23.1 Å². The lowest BCUT2D eigenvalue weighted by molar-refractivity contribution is -0.297. The maximum Gasteiger partial charge on any atom is 0.438 e. The maximum atomic E-state index is 12.8. The van der Waals surface area contributed by atoms with E-state index in [0.29, 0.717) is 0 Å². The molecule has 2 N–H and O–H groups in total. The van der Waals surface area contributed by atoms with Crippen LogP contribution in [0, 0.1) is 0 Å². The molecule has 0 saturated carbocycles. The van der Waals surface area contributed by atoms with Crippen LogP contribution < -0.4 is 0 Å². The molecule has 1 aromatic heterocycles. The second kappa shape index (κ2) is 3.80. The molecule has 1 atom stereocenters. The summed E-state index contributed by atoms with van der Waals surface area (Å²) in [6.07, 6.45) is -4.55. The number of halogens is 3. The highest BCUT2D eigenvalue weighted by molar-refractivity contribution is 5.96. The Morgan fingerprint density at radius 2 is 2.28 bits per heavy atom. The lowest BCUT2D eigenvalue weighted by atomic mass is 10.1. The number of carbonyl (C=O) groups excluding carboxylic acids is 1. The standard InChI is InChI=1S/C9H9F3N4O2/c1-5-4-8(18,9(10,11)12)16(15-5)7(17)6-2-3-13-14-6/h2-3,18H,4H2,1H3,(H,13,14)/t8-/m0/s1. The van der Waals surface area contributed by atoms with Gasteiger partial charge in [0.25, 0.3) is 11.6 Å². The summed E-state index contributed by atoms with van der Waals surface area (Å²) in [5.41, 5.74) is -3.47. The summed E-state index contributed by atoms with van der Waals surface area (Å²) in [5.74, 6) is -1.09. The number of hydrogen-bond acceptors (Lipinski definition) is 4. The van der Waals surface area contributed by atoms with Gasteiger partial charge in [0, 0.05) is 18.3 Å². The maximum absolute atomic E-state index is 12.8. The molecule has 0 spiro atoms. The van der Waals surface area contributed by atoms with Crippen molar-refractivity contribution >= 4 is 11.6 Å². The van der Waals surface area contributed by atoms with Crippen molar-refractivity contribution in [2.75, 3.05) is 0 Å². The van der Waals surface area contributed by atoms with Crippen LogP contribution in [0.2, 0.25) is 0 Å². The van der Waals surface area contributed by atoms with Crippen LogP contribution in [-0.4, -0.2) is 43.8 Å². The van der Waals surface area contributed by atoms with Crippen LogP contribution in [0.4, 0.5) is 13.2 Å². The average molecular weight is 262 g/mol. The number of aliphatic hydroxyl groups is 1. The van der Waals surface area contributed by atoms with Crippen LogP contribution in [0.1, 0.15) is 23.8 Å². The minimum atomic E-state index is -5.00. The second-order valence-corrected chi connectivity index (χ2v) is 3.91. The van der Waals surface area contributed by atoms with Crippen molar-refractivity contribution in [2.45, 2.75) is 25.2 Å². The molecule has 1 aliphatic rings. The van der Waals surface area contributed by atoms with Gasteiger partial charge in [0.15, 0.2) is 0 Å². The molecule has 1 aromatic rings. The Morgan fingerprint density at radius 3 is 2.78 bits per heavy atom. The highest BCUT2D eigenvalue weighted by Crippen LogP contribution is 2.40. The fourth-order valence-electron chi connectivity index (χ4n) is 1.64. The number of carbonyl (C=O) groups is 1. The van der Waals surface area contributed by atoms with Gasteiger partial charge in [-0.3, -0.25) is 9.89 Å². The van der Waals surface area contributed by atoms with Gasteiger partial charge in [0.2, 0.25) is 0 Å². The molecule has 18 heavy (non-hydrogen) atoms. The Morgan fingerprint density at radius 1 is 1.61 bits per heavy atom. The van der Waals surface area contributed by atoms with Gasteiger partial charge in [-0.25, -0.2) is 0 Å². The van der Waals surface area contributed by atoms with Gasteiger partial charge in [-0.05, 0) is 13.0 Å². The number of aromatic nitrogens is 2. The number of rotatable bonds is 1. The summed E-state index contributed by atoms with van der Waals surface area (Å²) in [6.45, 7) is 1.30. The first-order valence-corrected chi connectivity index (χ1v) is 4.93. The van der Waals surface area contributed by atoms with Crippen molar-refractivity contribution in [2.24, 2.45) is 5.10 Å². The van der Waals surface area contributed by atoms with Gasteiger partial charge in [-0.15, -0.1) is 0 Å². The van der Waals surface area contributed by atoms with Gasteiger partial charge < -0.3 is 5.11 Å². The van der Waals surface area contributed by atoms with E-state index in [-0.39, 0.29) is 16.4 Å². The molecule has 0 fully saturated rings. The Bertz CT molecular complexity index is 496. The fourth-order valence-corrected chi connectivity index (χ4v) is 1.64. The molecule has 0 saturated heterocycles. The highest BCUT2D eigenvalue weighted by atomic mass is 19.4. The molecular formula is C9H9F3N4O2. The van der Waals surface area contributed by atoms with E-state index in [1.807, 2.05) is 0 Å². The van der Waals surface area contributed by atoms with E-state index in [2.05, 4.69) is 15.3 Å². The number of hydrogen-bond donors (Lipinski definition) is 2. The zero-order valence-corrected chi connectivity index (χ0v) is 9.19. The number of alkyl halides is 3. The summed E-state index contributed by atoms with van der Waals surface area (Å²) in [4.78, 5) is 11.8. The number of amides is 1. The van der Waals surface area contributed by atoms with Crippen LogP contribution in [0.15, 0.2) is 17.4 Å². The predicted molar refractivity (Wildman–Crippen MR) is 53.5 cm³/mol. The van der Waals surface area contributed by atoms with Crippen molar-refractivity contribution in [3.63, 3.8) is 0 Å². The van der Waals surface area contributed by atoms with Crippen molar-refractivity contribution < 1.29 is 23.1 Å². The van der Waals surface area contributed by atoms with Crippen LogP contribution in [0.3, 0.4) is 0 Å². The Hall–Kier alpha value is -1.90. The molecule has 1 amide bonds. The summed E-state index contributed by atoms with van der Waals surface area (Å²) in [7, 11) is 0. The molecule has 0 radical (unpaired) electrons. The van der Waals surface area contributed by atoms with Gasteiger partial charge in [-0.2, -0.15) is 28.4 Å². The number of aromatic amines is 1. The van der Waals surface area contributed by atoms with Crippen molar-refractivity contribution in [3.8, 4) is 0 Å². The first kappa shape index (κ1) is 12.6. The van der Waals surface area contributed by atoms with Crippen LogP contribution in [-0.2, 0) is 0 Å². The Labute approximate surface area is 99.1 Å². The Kier molecular flexibility index (Phi) is 2.65. The summed E-state index contributed by atoms with van der Waals surface area (Å²) >= 11 is 0. The Balaban J connectivity index is 2.39. The minimum Gasteiger partial charge on any atom is -0.362 e.